The minimum absolute atomic E-state index is 0.0582. The van der Waals surface area contributed by atoms with E-state index in [9.17, 15) is 13.6 Å². The van der Waals surface area contributed by atoms with Gasteiger partial charge in [0.1, 0.15) is 5.75 Å². The highest BCUT2D eigenvalue weighted by Gasteiger charge is 2.17. The van der Waals surface area contributed by atoms with E-state index in [1.54, 1.807) is 37.3 Å². The first-order chi connectivity index (χ1) is 12.4. The molecular weight excluding hydrogens is 366 g/mol. The molecule has 0 fully saturated rings. The first-order valence-corrected chi connectivity index (χ1v) is 7.86. The van der Waals surface area contributed by atoms with Crippen molar-refractivity contribution in [3.8, 4) is 11.4 Å². The second-order valence-electron chi connectivity index (χ2n) is 5.26. The number of anilines is 1. The SMILES string of the molecule is Cc1nn(-c2cccc(Cl)c2)nc1C(=O)Nc1cccc(OC(F)F)c1. The zero-order valence-corrected chi connectivity index (χ0v) is 14.2. The lowest BCUT2D eigenvalue weighted by atomic mass is 10.2. The fraction of sp³-hybridized carbons (Fsp3) is 0.118. The molecule has 0 unspecified atom stereocenters. The molecule has 1 N–H and O–H groups in total. The van der Waals surface area contributed by atoms with Crippen molar-refractivity contribution in [2.24, 2.45) is 0 Å². The molecule has 1 aromatic heterocycles. The monoisotopic (exact) mass is 378 g/mol. The highest BCUT2D eigenvalue weighted by Crippen LogP contribution is 2.20. The van der Waals surface area contributed by atoms with Crippen LogP contribution in [0.3, 0.4) is 0 Å². The van der Waals surface area contributed by atoms with E-state index in [1.165, 1.54) is 23.0 Å². The molecule has 3 rings (SSSR count). The van der Waals surface area contributed by atoms with E-state index in [1.807, 2.05) is 0 Å². The smallest absolute Gasteiger partial charge is 0.387 e. The molecule has 0 aliphatic carbocycles. The molecule has 3 aromatic rings. The van der Waals surface area contributed by atoms with E-state index < -0.39 is 12.5 Å². The number of carbonyl (C=O) groups is 1. The summed E-state index contributed by atoms with van der Waals surface area (Å²) in [6, 6.07) is 12.6. The predicted octanol–water partition coefficient (Wildman–Crippen LogP) is 4.08. The van der Waals surface area contributed by atoms with Crippen molar-refractivity contribution in [3.05, 3.63) is 64.9 Å². The molecule has 2 aromatic carbocycles. The van der Waals surface area contributed by atoms with E-state index in [0.717, 1.165) is 0 Å². The molecule has 6 nitrogen and oxygen atoms in total. The number of aromatic nitrogens is 3. The Bertz CT molecular complexity index is 946. The number of benzene rings is 2. The number of carbonyl (C=O) groups excluding carboxylic acids is 1. The average Bonchev–Trinajstić information content (AvgIpc) is 2.96. The summed E-state index contributed by atoms with van der Waals surface area (Å²) in [5.41, 5.74) is 1.41. The van der Waals surface area contributed by atoms with Gasteiger partial charge in [0.25, 0.3) is 5.91 Å². The molecule has 9 heteroatoms. The lowest BCUT2D eigenvalue weighted by Crippen LogP contribution is -2.14. The van der Waals surface area contributed by atoms with Crippen LogP contribution < -0.4 is 10.1 Å². The average molecular weight is 379 g/mol. The summed E-state index contributed by atoms with van der Waals surface area (Å²) in [5, 5.41) is 11.5. The first-order valence-electron chi connectivity index (χ1n) is 7.48. The molecule has 134 valence electrons. The second-order valence-corrected chi connectivity index (χ2v) is 5.70. The zero-order chi connectivity index (χ0) is 18.7. The van der Waals surface area contributed by atoms with Crippen molar-refractivity contribution >= 4 is 23.2 Å². The quantitative estimate of drug-likeness (QED) is 0.726. The number of hydrogen-bond acceptors (Lipinski definition) is 4. The lowest BCUT2D eigenvalue weighted by molar-refractivity contribution is -0.0497. The number of alkyl halides is 2. The standard InChI is InChI=1S/C17H13ClF2N4O2/c1-10-15(23-24(22-10)13-6-2-4-11(18)8-13)16(25)21-12-5-3-7-14(9-12)26-17(19)20/h2-9,17H,1H3,(H,21,25). The molecule has 1 heterocycles. The normalized spacial score (nSPS) is 10.8. The van der Waals surface area contributed by atoms with Gasteiger partial charge >= 0.3 is 6.61 Å². The molecule has 0 saturated heterocycles. The van der Waals surface area contributed by atoms with Gasteiger partial charge in [-0.15, -0.1) is 5.10 Å². The molecule has 0 bridgehead atoms. The van der Waals surface area contributed by atoms with E-state index >= 15 is 0 Å². The third-order valence-corrected chi connectivity index (χ3v) is 3.59. The van der Waals surface area contributed by atoms with Crippen LogP contribution >= 0.6 is 11.6 Å². The Morgan fingerprint density at radius 1 is 1.19 bits per heavy atom. The second kappa shape index (κ2) is 7.49. The Labute approximate surface area is 152 Å². The van der Waals surface area contributed by atoms with Crippen LogP contribution in [-0.4, -0.2) is 27.5 Å². The van der Waals surface area contributed by atoms with Crippen LogP contribution in [0.5, 0.6) is 5.75 Å². The van der Waals surface area contributed by atoms with Crippen molar-refractivity contribution in [1.29, 1.82) is 0 Å². The summed E-state index contributed by atoms with van der Waals surface area (Å²) >= 11 is 5.95. The molecule has 0 radical (unpaired) electrons. The number of nitrogens with zero attached hydrogens (tertiary/aromatic N) is 3. The Morgan fingerprint density at radius 2 is 1.96 bits per heavy atom. The maximum Gasteiger partial charge on any atom is 0.387 e. The molecule has 26 heavy (non-hydrogen) atoms. The van der Waals surface area contributed by atoms with Gasteiger partial charge in [-0.1, -0.05) is 23.7 Å². The summed E-state index contributed by atoms with van der Waals surface area (Å²) in [6.45, 7) is -1.31. The number of aryl methyl sites for hydroxylation is 1. The minimum Gasteiger partial charge on any atom is -0.435 e. The summed E-state index contributed by atoms with van der Waals surface area (Å²) in [5.74, 6) is -0.581. The predicted molar refractivity (Wildman–Crippen MR) is 92.1 cm³/mol. The van der Waals surface area contributed by atoms with Crippen molar-refractivity contribution < 1.29 is 18.3 Å². The molecule has 1 amide bonds. The van der Waals surface area contributed by atoms with Gasteiger partial charge in [-0.2, -0.15) is 18.7 Å². The van der Waals surface area contributed by atoms with E-state index in [4.69, 9.17) is 11.6 Å². The Balaban J connectivity index is 1.80. The first kappa shape index (κ1) is 17.8. The Hall–Kier alpha value is -3.00. The maximum absolute atomic E-state index is 12.4. The number of rotatable bonds is 5. The topological polar surface area (TPSA) is 69.0 Å². The largest absolute Gasteiger partial charge is 0.435 e. The summed E-state index contributed by atoms with van der Waals surface area (Å²) in [6.07, 6.45) is 0. The third kappa shape index (κ3) is 4.15. The van der Waals surface area contributed by atoms with E-state index in [-0.39, 0.29) is 11.4 Å². The van der Waals surface area contributed by atoms with Gasteiger partial charge < -0.3 is 10.1 Å². The lowest BCUT2D eigenvalue weighted by Gasteiger charge is -2.07. The van der Waals surface area contributed by atoms with Crippen LogP contribution in [0, 0.1) is 6.92 Å². The fourth-order valence-corrected chi connectivity index (χ4v) is 2.43. The van der Waals surface area contributed by atoms with Gasteiger partial charge in [-0.25, -0.2) is 0 Å². The Kier molecular flexibility index (Phi) is 5.13. The Morgan fingerprint density at radius 3 is 2.69 bits per heavy atom. The molecule has 0 aliphatic rings. The van der Waals surface area contributed by atoms with Gasteiger partial charge in [0.05, 0.1) is 11.4 Å². The molecule has 0 saturated carbocycles. The number of hydrogen-bond donors (Lipinski definition) is 1. The van der Waals surface area contributed by atoms with Crippen molar-refractivity contribution in [3.63, 3.8) is 0 Å². The van der Waals surface area contributed by atoms with Gasteiger partial charge in [0, 0.05) is 16.8 Å². The zero-order valence-electron chi connectivity index (χ0n) is 13.5. The maximum atomic E-state index is 12.4. The third-order valence-electron chi connectivity index (χ3n) is 3.35. The molecular formula is C17H13ClF2N4O2. The van der Waals surface area contributed by atoms with Crippen LogP contribution in [-0.2, 0) is 0 Å². The summed E-state index contributed by atoms with van der Waals surface area (Å²) in [4.78, 5) is 13.7. The molecule has 0 atom stereocenters. The van der Waals surface area contributed by atoms with Crippen LogP contribution in [0.4, 0.5) is 14.5 Å². The van der Waals surface area contributed by atoms with E-state index in [2.05, 4.69) is 20.3 Å². The summed E-state index contributed by atoms with van der Waals surface area (Å²) in [7, 11) is 0. The number of nitrogens with one attached hydrogen (secondary N) is 1. The van der Waals surface area contributed by atoms with Gasteiger partial charge in [-0.3, -0.25) is 4.79 Å². The number of ether oxygens (including phenoxy) is 1. The van der Waals surface area contributed by atoms with Gasteiger partial charge in [-0.05, 0) is 37.3 Å². The number of amides is 1. The van der Waals surface area contributed by atoms with Crippen molar-refractivity contribution in [2.75, 3.05) is 5.32 Å². The minimum atomic E-state index is -2.94. The van der Waals surface area contributed by atoms with Crippen molar-refractivity contribution in [1.82, 2.24) is 15.0 Å². The van der Waals surface area contributed by atoms with Crippen LogP contribution in [0.15, 0.2) is 48.5 Å². The van der Waals surface area contributed by atoms with Crippen LogP contribution in [0.25, 0.3) is 5.69 Å². The molecule has 0 spiro atoms. The van der Waals surface area contributed by atoms with Crippen LogP contribution in [0.2, 0.25) is 5.02 Å². The highest BCUT2D eigenvalue weighted by atomic mass is 35.5. The fourth-order valence-electron chi connectivity index (χ4n) is 2.24. The molecule has 0 aliphatic heterocycles. The van der Waals surface area contributed by atoms with Gasteiger partial charge in [0.15, 0.2) is 5.69 Å². The van der Waals surface area contributed by atoms with Crippen LogP contribution in [0.1, 0.15) is 16.2 Å². The highest BCUT2D eigenvalue weighted by molar-refractivity contribution is 6.30. The van der Waals surface area contributed by atoms with Gasteiger partial charge in [0.2, 0.25) is 0 Å². The van der Waals surface area contributed by atoms with Crippen molar-refractivity contribution in [2.45, 2.75) is 13.5 Å². The number of halogens is 3. The van der Waals surface area contributed by atoms with E-state index in [0.29, 0.717) is 22.1 Å². The summed E-state index contributed by atoms with van der Waals surface area (Å²) < 4.78 is 28.9.